The Kier molecular flexibility index (Phi) is 5.35. The summed E-state index contributed by atoms with van der Waals surface area (Å²) >= 11 is 0. The summed E-state index contributed by atoms with van der Waals surface area (Å²) in [7, 11) is 1.92. The molecule has 0 aliphatic rings. The molecule has 7 nitrogen and oxygen atoms in total. The minimum absolute atomic E-state index is 0.129. The molecule has 0 fully saturated rings. The first-order valence-electron chi connectivity index (χ1n) is 10.5. The number of nitrogens with zero attached hydrogens (tertiary/aromatic N) is 5. The zero-order valence-electron chi connectivity index (χ0n) is 18.9. The monoisotopic (exact) mass is 416 g/mol. The average Bonchev–Trinajstić information content (AvgIpc) is 3.25. The third-order valence-electron chi connectivity index (χ3n) is 5.85. The van der Waals surface area contributed by atoms with E-state index in [1.54, 1.807) is 0 Å². The van der Waals surface area contributed by atoms with E-state index in [0.717, 1.165) is 51.4 Å². The second-order valence-electron chi connectivity index (χ2n) is 7.96. The lowest BCUT2D eigenvalue weighted by Gasteiger charge is -2.15. The number of aromatic nitrogens is 5. The van der Waals surface area contributed by atoms with Gasteiger partial charge in [-0.05, 0) is 46.8 Å². The molecule has 0 saturated carbocycles. The van der Waals surface area contributed by atoms with E-state index in [2.05, 4.69) is 15.5 Å². The van der Waals surface area contributed by atoms with E-state index in [-0.39, 0.29) is 11.9 Å². The van der Waals surface area contributed by atoms with Crippen LogP contribution >= 0.6 is 0 Å². The van der Waals surface area contributed by atoms with Crippen molar-refractivity contribution in [3.05, 3.63) is 64.7 Å². The molecule has 1 N–H and O–H groups in total. The molecule has 1 amide bonds. The molecule has 1 atom stereocenters. The van der Waals surface area contributed by atoms with E-state index < -0.39 is 0 Å². The molecule has 4 aromatic rings. The first-order chi connectivity index (χ1) is 14.8. The standard InChI is InChI=1S/C24H28N6O/c1-7-30-13-20(15(3)28-30)14(2)25-24(31)19-12-22(23-16(4)27-29(6)17(23)5)26-21-11-9-8-10-18(19)21/h8-14H,7H2,1-6H3,(H,25,31). The number of benzene rings is 1. The van der Waals surface area contributed by atoms with E-state index >= 15 is 0 Å². The maximum atomic E-state index is 13.4. The third-order valence-corrected chi connectivity index (χ3v) is 5.85. The molecule has 0 spiro atoms. The smallest absolute Gasteiger partial charge is 0.252 e. The van der Waals surface area contributed by atoms with Gasteiger partial charge in [-0.15, -0.1) is 0 Å². The SMILES string of the molecule is CCn1cc(C(C)NC(=O)c2cc(-c3c(C)nn(C)c3C)nc3ccccc23)c(C)n1. The number of fused-ring (bicyclic) bond motifs is 1. The lowest BCUT2D eigenvalue weighted by molar-refractivity contribution is 0.0941. The third kappa shape index (κ3) is 3.71. The Morgan fingerprint density at radius 3 is 2.52 bits per heavy atom. The highest BCUT2D eigenvalue weighted by molar-refractivity contribution is 6.07. The fourth-order valence-electron chi connectivity index (χ4n) is 4.11. The number of carbonyl (C=O) groups excluding carboxylic acids is 1. The minimum Gasteiger partial charge on any atom is -0.345 e. The zero-order chi connectivity index (χ0) is 22.3. The highest BCUT2D eigenvalue weighted by atomic mass is 16.1. The van der Waals surface area contributed by atoms with Crippen LogP contribution in [0.15, 0.2) is 36.5 Å². The molecule has 3 aromatic heterocycles. The fourth-order valence-corrected chi connectivity index (χ4v) is 4.11. The van der Waals surface area contributed by atoms with Crippen LogP contribution in [0.4, 0.5) is 0 Å². The van der Waals surface area contributed by atoms with Crippen LogP contribution in [0.3, 0.4) is 0 Å². The summed E-state index contributed by atoms with van der Waals surface area (Å²) in [5.41, 5.74) is 6.98. The summed E-state index contributed by atoms with van der Waals surface area (Å²) in [5, 5.41) is 13.0. The van der Waals surface area contributed by atoms with Crippen molar-refractivity contribution in [3.8, 4) is 11.3 Å². The Labute approximate surface area is 182 Å². The van der Waals surface area contributed by atoms with Gasteiger partial charge in [0, 0.05) is 42.0 Å². The Hall–Kier alpha value is -3.48. The van der Waals surface area contributed by atoms with Crippen molar-refractivity contribution in [1.82, 2.24) is 29.9 Å². The molecule has 7 heteroatoms. The number of pyridine rings is 1. The van der Waals surface area contributed by atoms with Gasteiger partial charge in [0.1, 0.15) is 0 Å². The van der Waals surface area contributed by atoms with E-state index in [0.29, 0.717) is 5.56 Å². The maximum absolute atomic E-state index is 13.4. The normalized spacial score (nSPS) is 12.3. The molecule has 160 valence electrons. The number of carbonyl (C=O) groups is 1. The molecule has 0 saturated heterocycles. The Bertz CT molecular complexity index is 1280. The lowest BCUT2D eigenvalue weighted by atomic mass is 10.0. The van der Waals surface area contributed by atoms with E-state index in [9.17, 15) is 4.79 Å². The Balaban J connectivity index is 1.77. The summed E-state index contributed by atoms with van der Waals surface area (Å²) in [6.07, 6.45) is 2.00. The maximum Gasteiger partial charge on any atom is 0.252 e. The van der Waals surface area contributed by atoms with Gasteiger partial charge in [-0.2, -0.15) is 10.2 Å². The average molecular weight is 417 g/mol. The van der Waals surface area contributed by atoms with Crippen molar-refractivity contribution in [2.75, 3.05) is 0 Å². The Morgan fingerprint density at radius 2 is 1.87 bits per heavy atom. The first kappa shape index (κ1) is 20.8. The molecule has 1 aromatic carbocycles. The van der Waals surface area contributed by atoms with Gasteiger partial charge in [0.2, 0.25) is 0 Å². The second kappa shape index (κ2) is 7.98. The number of hydrogen-bond acceptors (Lipinski definition) is 4. The van der Waals surface area contributed by atoms with E-state index in [4.69, 9.17) is 4.98 Å². The van der Waals surface area contributed by atoms with Gasteiger partial charge in [0.15, 0.2) is 0 Å². The number of amides is 1. The largest absolute Gasteiger partial charge is 0.345 e. The number of para-hydroxylation sites is 1. The highest BCUT2D eigenvalue weighted by Crippen LogP contribution is 2.29. The topological polar surface area (TPSA) is 77.6 Å². The van der Waals surface area contributed by atoms with Gasteiger partial charge in [-0.25, -0.2) is 4.98 Å². The van der Waals surface area contributed by atoms with Gasteiger partial charge in [-0.1, -0.05) is 18.2 Å². The molecule has 4 rings (SSSR count). The lowest BCUT2D eigenvalue weighted by Crippen LogP contribution is -2.27. The van der Waals surface area contributed by atoms with Crippen LogP contribution in [0.5, 0.6) is 0 Å². The molecular formula is C24H28N6O. The summed E-state index contributed by atoms with van der Waals surface area (Å²) in [4.78, 5) is 18.2. The van der Waals surface area contributed by atoms with Crippen LogP contribution in [0.1, 0.15) is 52.9 Å². The molecule has 3 heterocycles. The second-order valence-corrected chi connectivity index (χ2v) is 7.96. The van der Waals surface area contributed by atoms with Crippen molar-refractivity contribution < 1.29 is 4.79 Å². The van der Waals surface area contributed by atoms with E-state index in [1.807, 2.05) is 87.6 Å². The van der Waals surface area contributed by atoms with Crippen molar-refractivity contribution >= 4 is 16.8 Å². The van der Waals surface area contributed by atoms with Crippen molar-refractivity contribution in [2.24, 2.45) is 7.05 Å². The molecule has 0 aliphatic heterocycles. The van der Waals surface area contributed by atoms with Crippen LogP contribution in [0, 0.1) is 20.8 Å². The van der Waals surface area contributed by atoms with Crippen LogP contribution in [0.25, 0.3) is 22.2 Å². The molecule has 1 unspecified atom stereocenters. The van der Waals surface area contributed by atoms with Crippen LogP contribution in [-0.2, 0) is 13.6 Å². The van der Waals surface area contributed by atoms with Crippen LogP contribution in [-0.4, -0.2) is 30.5 Å². The highest BCUT2D eigenvalue weighted by Gasteiger charge is 2.21. The number of nitrogens with one attached hydrogen (secondary N) is 1. The van der Waals surface area contributed by atoms with Gasteiger partial charge >= 0.3 is 0 Å². The number of aryl methyl sites for hydroxylation is 4. The fraction of sp³-hybridized carbons (Fsp3) is 0.333. The summed E-state index contributed by atoms with van der Waals surface area (Å²) in [5.74, 6) is -0.129. The molecular weight excluding hydrogens is 388 g/mol. The Morgan fingerprint density at radius 1 is 1.13 bits per heavy atom. The predicted molar refractivity (Wildman–Crippen MR) is 122 cm³/mol. The van der Waals surface area contributed by atoms with Crippen molar-refractivity contribution in [1.29, 1.82) is 0 Å². The summed E-state index contributed by atoms with van der Waals surface area (Å²) in [6.45, 7) is 10.8. The van der Waals surface area contributed by atoms with Gasteiger partial charge in [0.25, 0.3) is 5.91 Å². The zero-order valence-corrected chi connectivity index (χ0v) is 18.9. The van der Waals surface area contributed by atoms with E-state index in [1.165, 1.54) is 0 Å². The number of rotatable bonds is 5. The quantitative estimate of drug-likeness (QED) is 0.527. The van der Waals surface area contributed by atoms with Crippen molar-refractivity contribution in [3.63, 3.8) is 0 Å². The summed E-state index contributed by atoms with van der Waals surface area (Å²) in [6, 6.07) is 9.47. The molecule has 31 heavy (non-hydrogen) atoms. The first-order valence-corrected chi connectivity index (χ1v) is 10.5. The van der Waals surface area contributed by atoms with Crippen LogP contribution in [0.2, 0.25) is 0 Å². The van der Waals surface area contributed by atoms with Gasteiger partial charge in [-0.3, -0.25) is 14.2 Å². The molecule has 0 aliphatic carbocycles. The van der Waals surface area contributed by atoms with Gasteiger partial charge < -0.3 is 5.32 Å². The van der Waals surface area contributed by atoms with Crippen molar-refractivity contribution in [2.45, 2.75) is 47.2 Å². The van der Waals surface area contributed by atoms with Crippen LogP contribution < -0.4 is 5.32 Å². The predicted octanol–water partition coefficient (Wildman–Crippen LogP) is 4.27. The summed E-state index contributed by atoms with van der Waals surface area (Å²) < 4.78 is 3.73. The number of hydrogen-bond donors (Lipinski definition) is 1. The van der Waals surface area contributed by atoms with Gasteiger partial charge in [0.05, 0.1) is 34.2 Å². The minimum atomic E-state index is -0.162. The molecule has 0 radical (unpaired) electrons. The molecule has 0 bridgehead atoms.